The van der Waals surface area contributed by atoms with Crippen molar-refractivity contribution < 1.29 is 35.5 Å². The normalized spacial score (nSPS) is 24.2. The third kappa shape index (κ3) is 5.81. The molecule has 5 heterocycles. The maximum Gasteiger partial charge on any atom is 0.417 e. The number of rotatable bonds is 7. The molecule has 3 aliphatic heterocycles. The van der Waals surface area contributed by atoms with Crippen molar-refractivity contribution in [1.82, 2.24) is 30.4 Å². The Kier molecular flexibility index (Phi) is 8.45. The van der Waals surface area contributed by atoms with Gasteiger partial charge in [0.1, 0.15) is 24.1 Å². The fourth-order valence-corrected chi connectivity index (χ4v) is 8.02. The van der Waals surface area contributed by atoms with Gasteiger partial charge in [0.2, 0.25) is 0 Å². The van der Waals surface area contributed by atoms with Gasteiger partial charge >= 0.3 is 12.2 Å². The first-order valence-electron chi connectivity index (χ1n) is 16.3. The highest BCUT2D eigenvalue weighted by Gasteiger charge is 2.49. The van der Waals surface area contributed by atoms with E-state index in [1.807, 2.05) is 4.90 Å². The highest BCUT2D eigenvalue weighted by Crippen LogP contribution is 2.47. The van der Waals surface area contributed by atoms with Crippen LogP contribution in [0.4, 0.5) is 36.6 Å². The highest BCUT2D eigenvalue weighted by molar-refractivity contribution is 6.02. The second-order valence-corrected chi connectivity index (χ2v) is 13.5. The zero-order valence-corrected chi connectivity index (χ0v) is 27.3. The van der Waals surface area contributed by atoms with Crippen LogP contribution in [0.5, 0.6) is 6.01 Å². The molecule has 2 aromatic carbocycles. The molecule has 0 amide bonds. The van der Waals surface area contributed by atoms with Crippen molar-refractivity contribution in [3.8, 4) is 29.5 Å². The molecule has 0 radical (unpaired) electrons. The second-order valence-electron chi connectivity index (χ2n) is 13.5. The minimum absolute atomic E-state index is 0.00213. The average molecular weight is 702 g/mol. The Balaban J connectivity index is 1.46. The first-order chi connectivity index (χ1) is 23.7. The van der Waals surface area contributed by atoms with E-state index in [-0.39, 0.29) is 73.8 Å². The van der Waals surface area contributed by atoms with Crippen molar-refractivity contribution >= 4 is 27.6 Å². The maximum absolute atomic E-state index is 17.2. The van der Waals surface area contributed by atoms with Crippen LogP contribution in [0.25, 0.3) is 32.9 Å². The topological polar surface area (TPSA) is 82.2 Å². The van der Waals surface area contributed by atoms with E-state index in [0.717, 1.165) is 12.5 Å². The number of aromatic amines is 1. The number of fused-ring (bicyclic) bond motifs is 3. The van der Waals surface area contributed by atoms with Crippen molar-refractivity contribution in [3.63, 3.8) is 0 Å². The first kappa shape index (κ1) is 34.0. The van der Waals surface area contributed by atoms with Crippen LogP contribution in [0.15, 0.2) is 30.5 Å². The molecule has 4 aromatic rings. The summed E-state index contributed by atoms with van der Waals surface area (Å²) in [4.78, 5) is 12.4. The summed E-state index contributed by atoms with van der Waals surface area (Å²) in [7, 11) is 0. The zero-order valence-electron chi connectivity index (χ0n) is 27.3. The van der Waals surface area contributed by atoms with Crippen molar-refractivity contribution in [2.45, 2.75) is 63.0 Å². The number of aromatic nitrogens is 4. The molecule has 3 saturated heterocycles. The van der Waals surface area contributed by atoms with Gasteiger partial charge in [-0.05, 0) is 62.1 Å². The van der Waals surface area contributed by atoms with Crippen LogP contribution in [0, 0.1) is 32.0 Å². The number of piperazine rings is 1. The number of hydrogen-bond donors (Lipinski definition) is 2. The molecule has 15 heteroatoms. The van der Waals surface area contributed by atoms with Gasteiger partial charge in [-0.15, -0.1) is 12.3 Å². The summed E-state index contributed by atoms with van der Waals surface area (Å²) in [6.45, 7) is 4.21. The number of H-pyrrole nitrogens is 1. The lowest BCUT2D eigenvalue weighted by Gasteiger charge is -2.41. The van der Waals surface area contributed by atoms with Gasteiger partial charge in [-0.3, -0.25) is 10.00 Å². The lowest BCUT2D eigenvalue weighted by Crippen LogP contribution is -2.59. The van der Waals surface area contributed by atoms with E-state index in [1.165, 1.54) is 11.1 Å². The third-order valence-electron chi connectivity index (χ3n) is 10.4. The number of nitrogens with one attached hydrogen (secondary N) is 2. The molecule has 7 rings (SSSR count). The number of hydrogen-bond acceptors (Lipinski definition) is 7. The summed E-state index contributed by atoms with van der Waals surface area (Å²) in [5, 5.41) is 9.75. The van der Waals surface area contributed by atoms with E-state index in [0.29, 0.717) is 35.7 Å². The van der Waals surface area contributed by atoms with Crippen LogP contribution in [0.2, 0.25) is 0 Å². The van der Waals surface area contributed by atoms with Crippen LogP contribution < -0.4 is 15.0 Å². The van der Waals surface area contributed by atoms with E-state index in [4.69, 9.17) is 11.2 Å². The predicted molar refractivity (Wildman–Crippen MR) is 174 cm³/mol. The van der Waals surface area contributed by atoms with Gasteiger partial charge in [-0.2, -0.15) is 37.0 Å². The quantitative estimate of drug-likeness (QED) is 0.161. The molecule has 264 valence electrons. The Hall–Kier alpha value is -4.42. The molecular weight excluding hydrogens is 667 g/mol. The number of alkyl halides is 4. The number of benzene rings is 2. The van der Waals surface area contributed by atoms with Gasteiger partial charge in [0.05, 0.1) is 28.4 Å². The molecule has 50 heavy (non-hydrogen) atoms. The summed E-state index contributed by atoms with van der Waals surface area (Å²) in [6, 6.07) is 2.19. The van der Waals surface area contributed by atoms with Crippen molar-refractivity contribution in [1.29, 1.82) is 0 Å². The summed E-state index contributed by atoms with van der Waals surface area (Å²) >= 11 is 0. The summed E-state index contributed by atoms with van der Waals surface area (Å²) in [5.74, 6) is 0.992. The first-order valence-corrected chi connectivity index (χ1v) is 16.3. The number of nitrogens with zero attached hydrogens (tertiary/aromatic N) is 5. The van der Waals surface area contributed by atoms with Gasteiger partial charge in [-0.25, -0.2) is 8.78 Å². The number of ether oxygens (including phenoxy) is 1. The molecule has 8 nitrogen and oxygen atoms in total. The summed E-state index contributed by atoms with van der Waals surface area (Å²) in [6.07, 6.45) is 1.02. The molecule has 3 fully saturated rings. The Labute approximate surface area is 283 Å². The summed E-state index contributed by atoms with van der Waals surface area (Å²) < 4.78 is 110. The van der Waals surface area contributed by atoms with Gasteiger partial charge in [0.25, 0.3) is 6.08 Å². The van der Waals surface area contributed by atoms with E-state index in [1.54, 1.807) is 19.9 Å². The Morgan fingerprint density at radius 1 is 1.16 bits per heavy atom. The number of aryl methyl sites for hydroxylation is 1. The SMILES string of the molecule is C#CC[C@]1(C=C(F)F)CN(c2nc(OC[C@@]34CCCN3C[C@H](F)C4)nc3c(F)c(-c4c(C)c(C)cc5[nH]ncc45)c(C(F)(F)F)cc23)CCN1. The van der Waals surface area contributed by atoms with Crippen molar-refractivity contribution in [3.05, 3.63) is 53.0 Å². The molecule has 0 bridgehead atoms. The van der Waals surface area contributed by atoms with Crippen LogP contribution in [-0.4, -0.2) is 81.6 Å². The third-order valence-corrected chi connectivity index (χ3v) is 10.4. The molecule has 2 aromatic heterocycles. The molecule has 0 unspecified atom stereocenters. The summed E-state index contributed by atoms with van der Waals surface area (Å²) in [5.41, 5.74) is -3.07. The lowest BCUT2D eigenvalue weighted by molar-refractivity contribution is -0.137. The molecule has 0 saturated carbocycles. The molecule has 3 aliphatic rings. The molecule has 0 spiro atoms. The van der Waals surface area contributed by atoms with Gasteiger partial charge in [-0.1, -0.05) is 0 Å². The largest absolute Gasteiger partial charge is 0.461 e. The molecular formula is C35H34F7N7O. The fourth-order valence-electron chi connectivity index (χ4n) is 8.02. The highest BCUT2D eigenvalue weighted by atomic mass is 19.4. The van der Waals surface area contributed by atoms with Gasteiger partial charge in [0.15, 0.2) is 5.82 Å². The minimum atomic E-state index is -5.03. The second kappa shape index (κ2) is 12.4. The van der Waals surface area contributed by atoms with Crippen LogP contribution in [-0.2, 0) is 6.18 Å². The fraction of sp³-hybridized carbons (Fsp3) is 0.457. The van der Waals surface area contributed by atoms with Gasteiger partial charge < -0.3 is 15.0 Å². The van der Waals surface area contributed by atoms with Crippen molar-refractivity contribution in [2.75, 3.05) is 44.2 Å². The minimum Gasteiger partial charge on any atom is -0.461 e. The Morgan fingerprint density at radius 2 is 1.96 bits per heavy atom. The van der Waals surface area contributed by atoms with Crippen LogP contribution in [0.3, 0.4) is 0 Å². The van der Waals surface area contributed by atoms with E-state index in [9.17, 15) is 13.2 Å². The van der Waals surface area contributed by atoms with Crippen LogP contribution >= 0.6 is 0 Å². The molecule has 0 aliphatic carbocycles. The Morgan fingerprint density at radius 3 is 2.70 bits per heavy atom. The standard InChI is InChI=1S/C35H34F7N7O/c1-4-6-33(14-26(37)38)17-48(10-8-43-33)31-22-12-24(35(40,41)42)28(27-20(3)19(2)11-25-23(27)15-44-47-25)29(39)30(22)45-32(46-31)50-18-34-7-5-9-49(34)16-21(36)13-34/h1,11-12,14-15,21,43H,5-10,13,16-18H2,2-3H3,(H,44,47)/t21-,33+,34+/m1/s1. The Bertz CT molecular complexity index is 2050. The predicted octanol–water partition coefficient (Wildman–Crippen LogP) is 6.86. The average Bonchev–Trinajstić information content (AvgIpc) is 3.74. The molecule has 2 N–H and O–H groups in total. The monoisotopic (exact) mass is 701 g/mol. The van der Waals surface area contributed by atoms with Crippen LogP contribution in [0.1, 0.15) is 42.4 Å². The van der Waals surface area contributed by atoms with E-state index < -0.39 is 52.0 Å². The zero-order chi connectivity index (χ0) is 35.6. The van der Waals surface area contributed by atoms with Gasteiger partial charge in [0, 0.05) is 61.4 Å². The maximum atomic E-state index is 17.2. The van der Waals surface area contributed by atoms with E-state index >= 15 is 17.6 Å². The number of anilines is 1. The number of halogens is 7. The van der Waals surface area contributed by atoms with Crippen molar-refractivity contribution in [2.24, 2.45) is 0 Å². The molecule has 3 atom stereocenters. The van der Waals surface area contributed by atoms with E-state index in [2.05, 4.69) is 31.4 Å². The lowest BCUT2D eigenvalue weighted by atomic mass is 9.88. The number of terminal acetylenes is 1. The smallest absolute Gasteiger partial charge is 0.417 e.